The second-order valence-electron chi connectivity index (χ2n) is 5.11. The van der Waals surface area contributed by atoms with Crippen LogP contribution in [-0.4, -0.2) is 36.0 Å². The van der Waals surface area contributed by atoms with E-state index in [2.05, 4.69) is 24.0 Å². The number of hydrogen-bond acceptors (Lipinski definition) is 3. The van der Waals surface area contributed by atoms with Crippen molar-refractivity contribution in [2.75, 3.05) is 19.8 Å². The zero-order chi connectivity index (χ0) is 12.8. The minimum absolute atomic E-state index is 0.0255. The molecular formula is C14H18N2O2. The first-order valence-corrected chi connectivity index (χ1v) is 6.21. The number of nitrogens with two attached hydrogens (primary N) is 1. The van der Waals surface area contributed by atoms with Crippen molar-refractivity contribution >= 4 is 10.9 Å². The SMILES string of the molecule is Cc1[nH]c2ccccc2c1C1(C(N)CO)COC1. The van der Waals surface area contributed by atoms with Crippen LogP contribution >= 0.6 is 0 Å². The van der Waals surface area contributed by atoms with Crippen LogP contribution in [0.15, 0.2) is 24.3 Å². The maximum atomic E-state index is 9.41. The van der Waals surface area contributed by atoms with Gasteiger partial charge in [-0.25, -0.2) is 0 Å². The van der Waals surface area contributed by atoms with Gasteiger partial charge in [-0.05, 0) is 18.6 Å². The van der Waals surface area contributed by atoms with Gasteiger partial charge in [-0.3, -0.25) is 0 Å². The fourth-order valence-corrected chi connectivity index (χ4v) is 2.96. The standard InChI is InChI=1S/C14H18N2O2/c1-9-13(10-4-2-3-5-11(10)16-9)14(7-18-8-14)12(15)6-17/h2-5,12,16-17H,6-8,15H2,1H3. The molecule has 0 saturated carbocycles. The van der Waals surface area contributed by atoms with Crippen molar-refractivity contribution in [1.29, 1.82) is 0 Å². The van der Waals surface area contributed by atoms with E-state index < -0.39 is 0 Å². The van der Waals surface area contributed by atoms with Crippen molar-refractivity contribution in [1.82, 2.24) is 4.98 Å². The van der Waals surface area contributed by atoms with E-state index in [1.807, 2.05) is 12.1 Å². The number of aromatic nitrogens is 1. The molecule has 0 radical (unpaired) electrons. The molecule has 1 atom stereocenters. The van der Waals surface area contributed by atoms with Gasteiger partial charge in [-0.2, -0.15) is 0 Å². The molecule has 1 aliphatic rings. The largest absolute Gasteiger partial charge is 0.395 e. The van der Waals surface area contributed by atoms with Crippen LogP contribution in [0.1, 0.15) is 11.3 Å². The quantitative estimate of drug-likeness (QED) is 0.758. The van der Waals surface area contributed by atoms with Gasteiger partial charge in [0.25, 0.3) is 0 Å². The van der Waals surface area contributed by atoms with Crippen LogP contribution in [0.3, 0.4) is 0 Å². The van der Waals surface area contributed by atoms with E-state index >= 15 is 0 Å². The highest BCUT2D eigenvalue weighted by atomic mass is 16.5. The molecule has 1 aromatic carbocycles. The zero-order valence-corrected chi connectivity index (χ0v) is 10.4. The first kappa shape index (κ1) is 11.7. The van der Waals surface area contributed by atoms with E-state index in [9.17, 15) is 5.11 Å². The van der Waals surface area contributed by atoms with E-state index in [1.54, 1.807) is 0 Å². The van der Waals surface area contributed by atoms with Crippen molar-refractivity contribution in [2.24, 2.45) is 5.73 Å². The van der Waals surface area contributed by atoms with Crippen molar-refractivity contribution < 1.29 is 9.84 Å². The number of ether oxygens (including phenoxy) is 1. The third kappa shape index (κ3) is 1.43. The maximum absolute atomic E-state index is 9.41. The minimum Gasteiger partial charge on any atom is -0.395 e. The smallest absolute Gasteiger partial charge is 0.0617 e. The summed E-state index contributed by atoms with van der Waals surface area (Å²) in [6.45, 7) is 3.19. The van der Waals surface area contributed by atoms with Crippen LogP contribution < -0.4 is 5.73 Å². The molecule has 1 aliphatic heterocycles. The summed E-state index contributed by atoms with van der Waals surface area (Å²) in [6.07, 6.45) is 0. The highest BCUT2D eigenvalue weighted by molar-refractivity contribution is 5.86. The number of para-hydroxylation sites is 1. The Balaban J connectivity index is 2.21. The molecule has 18 heavy (non-hydrogen) atoms. The van der Waals surface area contributed by atoms with Crippen LogP contribution in [0.2, 0.25) is 0 Å². The molecule has 4 nitrogen and oxygen atoms in total. The van der Waals surface area contributed by atoms with Gasteiger partial charge in [0.05, 0.1) is 25.2 Å². The van der Waals surface area contributed by atoms with Gasteiger partial charge in [0.1, 0.15) is 0 Å². The summed E-state index contributed by atoms with van der Waals surface area (Å²) in [4.78, 5) is 3.39. The topological polar surface area (TPSA) is 71.3 Å². The number of aryl methyl sites for hydroxylation is 1. The Kier molecular flexibility index (Phi) is 2.66. The average Bonchev–Trinajstić information content (AvgIpc) is 2.65. The van der Waals surface area contributed by atoms with Crippen LogP contribution in [0, 0.1) is 6.92 Å². The van der Waals surface area contributed by atoms with Crippen molar-refractivity contribution in [3.8, 4) is 0 Å². The Morgan fingerprint density at radius 3 is 2.78 bits per heavy atom. The van der Waals surface area contributed by atoms with Crippen molar-refractivity contribution in [3.63, 3.8) is 0 Å². The molecule has 2 aromatic rings. The summed E-state index contributed by atoms with van der Waals surface area (Å²) in [5, 5.41) is 10.6. The maximum Gasteiger partial charge on any atom is 0.0617 e. The molecule has 0 amide bonds. The highest BCUT2D eigenvalue weighted by Crippen LogP contribution is 2.40. The molecule has 1 saturated heterocycles. The summed E-state index contributed by atoms with van der Waals surface area (Å²) in [5.74, 6) is 0. The predicted octanol–water partition coefficient (Wildman–Crippen LogP) is 1.06. The zero-order valence-electron chi connectivity index (χ0n) is 10.4. The molecule has 4 heteroatoms. The van der Waals surface area contributed by atoms with Gasteiger partial charge < -0.3 is 20.6 Å². The molecule has 0 spiro atoms. The molecule has 1 fully saturated rings. The van der Waals surface area contributed by atoms with Gasteiger partial charge in [-0.1, -0.05) is 18.2 Å². The second kappa shape index (κ2) is 4.09. The molecule has 2 heterocycles. The fraction of sp³-hybridized carbons (Fsp3) is 0.429. The van der Waals surface area contributed by atoms with Crippen molar-refractivity contribution in [2.45, 2.75) is 18.4 Å². The van der Waals surface area contributed by atoms with Gasteiger partial charge in [0, 0.05) is 22.6 Å². The lowest BCUT2D eigenvalue weighted by Gasteiger charge is -2.45. The summed E-state index contributed by atoms with van der Waals surface area (Å²) in [5.41, 5.74) is 9.30. The number of benzene rings is 1. The monoisotopic (exact) mass is 246 g/mol. The van der Waals surface area contributed by atoms with Crippen LogP contribution in [0.25, 0.3) is 10.9 Å². The van der Waals surface area contributed by atoms with Crippen LogP contribution in [-0.2, 0) is 10.2 Å². The number of nitrogens with one attached hydrogen (secondary N) is 1. The third-order valence-corrected chi connectivity index (χ3v) is 4.02. The van der Waals surface area contributed by atoms with E-state index in [4.69, 9.17) is 10.5 Å². The number of aliphatic hydroxyl groups is 1. The Bertz CT molecular complexity index is 572. The van der Waals surface area contributed by atoms with Crippen LogP contribution in [0.5, 0.6) is 0 Å². The summed E-state index contributed by atoms with van der Waals surface area (Å²) in [7, 11) is 0. The first-order valence-electron chi connectivity index (χ1n) is 6.21. The lowest BCUT2D eigenvalue weighted by Crippen LogP contribution is -2.60. The van der Waals surface area contributed by atoms with Gasteiger partial charge >= 0.3 is 0 Å². The lowest BCUT2D eigenvalue weighted by molar-refractivity contribution is -0.0793. The summed E-state index contributed by atoms with van der Waals surface area (Å²) < 4.78 is 5.38. The van der Waals surface area contributed by atoms with Gasteiger partial charge in [0.2, 0.25) is 0 Å². The number of hydrogen-bond donors (Lipinski definition) is 3. The lowest BCUT2D eigenvalue weighted by atomic mass is 9.72. The predicted molar refractivity (Wildman–Crippen MR) is 70.6 cm³/mol. The number of H-pyrrole nitrogens is 1. The van der Waals surface area contributed by atoms with Crippen molar-refractivity contribution in [3.05, 3.63) is 35.5 Å². The molecule has 1 unspecified atom stereocenters. The Morgan fingerprint density at radius 2 is 2.17 bits per heavy atom. The number of aliphatic hydroxyl groups excluding tert-OH is 1. The van der Waals surface area contributed by atoms with Gasteiger partial charge in [-0.15, -0.1) is 0 Å². The molecule has 3 rings (SSSR count). The Morgan fingerprint density at radius 1 is 1.44 bits per heavy atom. The Hall–Kier alpha value is -1.36. The van der Waals surface area contributed by atoms with Gasteiger partial charge in [0.15, 0.2) is 0 Å². The molecule has 96 valence electrons. The average molecular weight is 246 g/mol. The molecular weight excluding hydrogens is 228 g/mol. The second-order valence-corrected chi connectivity index (χ2v) is 5.11. The van der Waals surface area contributed by atoms with E-state index in [0.717, 1.165) is 11.2 Å². The third-order valence-electron chi connectivity index (χ3n) is 4.02. The molecule has 1 aromatic heterocycles. The Labute approximate surface area is 106 Å². The fourth-order valence-electron chi connectivity index (χ4n) is 2.96. The van der Waals surface area contributed by atoms with Crippen LogP contribution in [0.4, 0.5) is 0 Å². The summed E-state index contributed by atoms with van der Waals surface area (Å²) in [6, 6.07) is 7.90. The number of fused-ring (bicyclic) bond motifs is 1. The summed E-state index contributed by atoms with van der Waals surface area (Å²) >= 11 is 0. The minimum atomic E-state index is -0.288. The number of aromatic amines is 1. The van der Waals surface area contributed by atoms with E-state index in [-0.39, 0.29) is 18.1 Å². The normalized spacial score (nSPS) is 19.7. The first-order chi connectivity index (χ1) is 8.69. The molecule has 0 bridgehead atoms. The highest BCUT2D eigenvalue weighted by Gasteiger charge is 2.47. The molecule has 0 aliphatic carbocycles. The number of rotatable bonds is 3. The van der Waals surface area contributed by atoms with E-state index in [1.165, 1.54) is 10.9 Å². The molecule has 4 N–H and O–H groups in total. The van der Waals surface area contributed by atoms with E-state index in [0.29, 0.717) is 13.2 Å².